The van der Waals surface area contributed by atoms with E-state index in [4.69, 9.17) is 30.4 Å². The molecule has 0 aromatic carbocycles. The fraction of sp³-hybridized carbons (Fsp3) is 1.00. The lowest BCUT2D eigenvalue weighted by atomic mass is 9.81. The van der Waals surface area contributed by atoms with Gasteiger partial charge in [0.05, 0.1) is 38.6 Å². The van der Waals surface area contributed by atoms with E-state index < -0.39 is 0 Å². The number of hydrogen-bond acceptors (Lipinski definition) is 6. The van der Waals surface area contributed by atoms with Crippen LogP contribution in [0.1, 0.15) is 66.2 Å². The third kappa shape index (κ3) is 14.4. The summed E-state index contributed by atoms with van der Waals surface area (Å²) in [5.41, 5.74) is 11.1. The van der Waals surface area contributed by atoms with E-state index >= 15 is 0 Å². The van der Waals surface area contributed by atoms with Gasteiger partial charge in [-0.3, -0.25) is 0 Å². The molecule has 0 aliphatic heterocycles. The number of ether oxygens (including phenoxy) is 4. The van der Waals surface area contributed by atoms with Gasteiger partial charge in [0.2, 0.25) is 0 Å². The van der Waals surface area contributed by atoms with E-state index in [0.29, 0.717) is 52.7 Å². The van der Waals surface area contributed by atoms with E-state index in [-0.39, 0.29) is 17.6 Å². The standard InChI is InChI=1S/C21H46N2O4/c1-5-7-10-21(6-2,17-24-15-19(3)26-13-8-11-22)18-25-16-20(4)27-14-9-12-23/h19-20H,5-18,22-23H2,1-4H3. The van der Waals surface area contributed by atoms with Crippen LogP contribution in [0.5, 0.6) is 0 Å². The average molecular weight is 391 g/mol. The first-order chi connectivity index (χ1) is 13.0. The third-order valence-corrected chi connectivity index (χ3v) is 4.83. The Morgan fingerprint density at radius 2 is 1.26 bits per heavy atom. The summed E-state index contributed by atoms with van der Waals surface area (Å²) in [6, 6.07) is 0. The van der Waals surface area contributed by atoms with Crippen molar-refractivity contribution in [2.45, 2.75) is 78.4 Å². The molecule has 2 atom stereocenters. The minimum Gasteiger partial charge on any atom is -0.378 e. The Hall–Kier alpha value is -0.240. The summed E-state index contributed by atoms with van der Waals surface area (Å²) in [7, 11) is 0. The molecule has 0 aliphatic rings. The van der Waals surface area contributed by atoms with E-state index in [1.165, 1.54) is 12.8 Å². The molecule has 0 heterocycles. The van der Waals surface area contributed by atoms with Crippen molar-refractivity contribution in [3.8, 4) is 0 Å². The molecule has 0 rings (SSSR count). The van der Waals surface area contributed by atoms with Crippen LogP contribution < -0.4 is 11.5 Å². The Morgan fingerprint density at radius 1 is 0.778 bits per heavy atom. The number of unbranched alkanes of at least 4 members (excludes halogenated alkanes) is 1. The quantitative estimate of drug-likeness (QED) is 0.311. The van der Waals surface area contributed by atoms with Gasteiger partial charge in [-0.15, -0.1) is 0 Å². The first-order valence-electron chi connectivity index (χ1n) is 10.8. The maximum atomic E-state index is 6.04. The molecule has 0 bridgehead atoms. The van der Waals surface area contributed by atoms with E-state index in [2.05, 4.69) is 13.8 Å². The minimum atomic E-state index is 0.0595. The molecule has 0 spiro atoms. The van der Waals surface area contributed by atoms with Crippen molar-refractivity contribution >= 4 is 0 Å². The van der Waals surface area contributed by atoms with Crippen LogP contribution in [0.15, 0.2) is 0 Å². The summed E-state index contributed by atoms with van der Waals surface area (Å²) in [6.45, 7) is 13.9. The normalized spacial score (nSPS) is 16.2. The zero-order chi connectivity index (χ0) is 20.4. The van der Waals surface area contributed by atoms with Crippen molar-refractivity contribution in [1.82, 2.24) is 0 Å². The van der Waals surface area contributed by atoms with Crippen molar-refractivity contribution in [3.63, 3.8) is 0 Å². The first kappa shape index (κ1) is 26.8. The van der Waals surface area contributed by atoms with E-state index in [0.717, 1.165) is 25.7 Å². The highest BCUT2D eigenvalue weighted by Gasteiger charge is 2.29. The van der Waals surface area contributed by atoms with Crippen LogP contribution in [-0.2, 0) is 18.9 Å². The second-order valence-electron chi connectivity index (χ2n) is 7.63. The molecule has 0 aromatic rings. The van der Waals surface area contributed by atoms with Gasteiger partial charge in [0, 0.05) is 18.6 Å². The topological polar surface area (TPSA) is 89.0 Å². The van der Waals surface area contributed by atoms with Crippen LogP contribution in [0, 0.1) is 5.41 Å². The lowest BCUT2D eigenvalue weighted by Gasteiger charge is -2.33. The van der Waals surface area contributed by atoms with Gasteiger partial charge >= 0.3 is 0 Å². The minimum absolute atomic E-state index is 0.0595. The summed E-state index contributed by atoms with van der Waals surface area (Å²) >= 11 is 0. The first-order valence-corrected chi connectivity index (χ1v) is 10.8. The van der Waals surface area contributed by atoms with Crippen molar-refractivity contribution < 1.29 is 18.9 Å². The highest BCUT2D eigenvalue weighted by Crippen LogP contribution is 2.30. The Kier molecular flexibility index (Phi) is 17.7. The van der Waals surface area contributed by atoms with Gasteiger partial charge in [-0.05, 0) is 52.6 Å². The lowest BCUT2D eigenvalue weighted by molar-refractivity contribution is -0.0778. The SMILES string of the molecule is CCCCC(CC)(COCC(C)OCCCN)COCC(C)OCCCN. The van der Waals surface area contributed by atoms with Gasteiger partial charge in [0.15, 0.2) is 0 Å². The molecule has 0 aliphatic carbocycles. The van der Waals surface area contributed by atoms with Crippen molar-refractivity contribution in [1.29, 1.82) is 0 Å². The molecule has 6 nitrogen and oxygen atoms in total. The van der Waals surface area contributed by atoms with Crippen molar-refractivity contribution in [3.05, 3.63) is 0 Å². The smallest absolute Gasteiger partial charge is 0.0780 e. The van der Waals surface area contributed by atoms with Crippen LogP contribution >= 0.6 is 0 Å². The van der Waals surface area contributed by atoms with Gasteiger partial charge in [0.1, 0.15) is 0 Å². The van der Waals surface area contributed by atoms with Crippen molar-refractivity contribution in [2.24, 2.45) is 16.9 Å². The number of hydrogen-bond donors (Lipinski definition) is 2. The molecule has 0 aromatic heterocycles. The summed E-state index contributed by atoms with van der Waals surface area (Å²) in [5.74, 6) is 0. The molecule has 6 heteroatoms. The Bertz CT molecular complexity index is 297. The monoisotopic (exact) mass is 390 g/mol. The second kappa shape index (κ2) is 17.8. The van der Waals surface area contributed by atoms with Crippen molar-refractivity contribution in [2.75, 3.05) is 52.7 Å². The van der Waals surface area contributed by atoms with Gasteiger partial charge in [-0.2, -0.15) is 0 Å². The molecule has 4 N–H and O–H groups in total. The molecule has 2 unspecified atom stereocenters. The van der Waals surface area contributed by atoms with Gasteiger partial charge in [0.25, 0.3) is 0 Å². The van der Waals surface area contributed by atoms with E-state index in [1.807, 2.05) is 13.8 Å². The summed E-state index contributed by atoms with van der Waals surface area (Å²) in [6.07, 6.45) is 6.48. The van der Waals surface area contributed by atoms with Crippen LogP contribution in [0.3, 0.4) is 0 Å². The van der Waals surface area contributed by atoms with Crippen LogP contribution in [0.25, 0.3) is 0 Å². The molecule has 0 amide bonds. The predicted molar refractivity (Wildman–Crippen MR) is 112 cm³/mol. The van der Waals surface area contributed by atoms with Gasteiger partial charge in [-0.1, -0.05) is 26.7 Å². The maximum absolute atomic E-state index is 6.04. The van der Waals surface area contributed by atoms with E-state index in [1.54, 1.807) is 0 Å². The Balaban J connectivity index is 4.32. The highest BCUT2D eigenvalue weighted by molar-refractivity contribution is 4.78. The number of rotatable bonds is 20. The highest BCUT2D eigenvalue weighted by atomic mass is 16.5. The largest absolute Gasteiger partial charge is 0.378 e. The molecule has 27 heavy (non-hydrogen) atoms. The van der Waals surface area contributed by atoms with Crippen LogP contribution in [0.4, 0.5) is 0 Å². The zero-order valence-corrected chi connectivity index (χ0v) is 18.3. The molecule has 0 fully saturated rings. The fourth-order valence-corrected chi connectivity index (χ4v) is 2.83. The molecule has 0 saturated carbocycles. The van der Waals surface area contributed by atoms with E-state index in [9.17, 15) is 0 Å². The molecule has 164 valence electrons. The van der Waals surface area contributed by atoms with Gasteiger partial charge in [-0.25, -0.2) is 0 Å². The van der Waals surface area contributed by atoms with Gasteiger partial charge < -0.3 is 30.4 Å². The summed E-state index contributed by atoms with van der Waals surface area (Å²) in [5, 5.41) is 0. The Labute approximate surface area is 167 Å². The zero-order valence-electron chi connectivity index (χ0n) is 18.3. The van der Waals surface area contributed by atoms with Crippen LogP contribution in [0.2, 0.25) is 0 Å². The Morgan fingerprint density at radius 3 is 1.63 bits per heavy atom. The molecular weight excluding hydrogens is 344 g/mol. The number of nitrogens with two attached hydrogens (primary N) is 2. The fourth-order valence-electron chi connectivity index (χ4n) is 2.83. The lowest BCUT2D eigenvalue weighted by Crippen LogP contribution is -2.34. The van der Waals surface area contributed by atoms with Crippen LogP contribution in [-0.4, -0.2) is 64.9 Å². The second-order valence-corrected chi connectivity index (χ2v) is 7.63. The average Bonchev–Trinajstić information content (AvgIpc) is 2.66. The maximum Gasteiger partial charge on any atom is 0.0780 e. The molecule has 0 saturated heterocycles. The predicted octanol–water partition coefficient (Wildman–Crippen LogP) is 3.11. The third-order valence-electron chi connectivity index (χ3n) is 4.83. The summed E-state index contributed by atoms with van der Waals surface area (Å²) in [4.78, 5) is 0. The summed E-state index contributed by atoms with van der Waals surface area (Å²) < 4.78 is 23.5. The molecular formula is C21H46N2O4. The molecule has 0 radical (unpaired) electrons.